The quantitative estimate of drug-likeness (QED) is 0.754. The lowest BCUT2D eigenvalue weighted by molar-refractivity contribution is 0.628. The summed E-state index contributed by atoms with van der Waals surface area (Å²) < 4.78 is 13.0. The lowest BCUT2D eigenvalue weighted by atomic mass is 10.1. The minimum atomic E-state index is -0.237. The van der Waals surface area contributed by atoms with Crippen molar-refractivity contribution in [1.82, 2.24) is 4.98 Å². The molecule has 0 N–H and O–H groups in total. The molecule has 76 valence electrons. The Balaban J connectivity index is 2.44. The number of hydrogen-bond acceptors (Lipinski definition) is 1. The summed E-state index contributed by atoms with van der Waals surface area (Å²) in [5, 5.41) is 0.776. The first-order valence-electron chi connectivity index (χ1n) is 4.56. The molecule has 0 aliphatic rings. The van der Waals surface area contributed by atoms with E-state index in [-0.39, 0.29) is 5.82 Å². The van der Waals surface area contributed by atoms with Crippen molar-refractivity contribution in [2.45, 2.75) is 5.33 Å². The topological polar surface area (TPSA) is 12.9 Å². The molecular formula is C12H9BrFN. The second-order valence-electron chi connectivity index (χ2n) is 3.19. The third-order valence-electron chi connectivity index (χ3n) is 2.10. The maximum absolute atomic E-state index is 13.0. The molecule has 0 aliphatic heterocycles. The molecule has 0 saturated heterocycles. The zero-order valence-electron chi connectivity index (χ0n) is 7.95. The van der Waals surface area contributed by atoms with Crippen LogP contribution < -0.4 is 0 Å². The molecule has 3 heteroatoms. The second-order valence-corrected chi connectivity index (χ2v) is 3.75. The molecule has 0 atom stereocenters. The van der Waals surface area contributed by atoms with E-state index in [9.17, 15) is 4.39 Å². The molecule has 0 bridgehead atoms. The minimum Gasteiger partial charge on any atom is -0.256 e. The average molecular weight is 266 g/mol. The van der Waals surface area contributed by atoms with Gasteiger partial charge in [0, 0.05) is 17.1 Å². The smallest absolute Gasteiger partial charge is 0.123 e. The van der Waals surface area contributed by atoms with Crippen LogP contribution in [0.15, 0.2) is 42.6 Å². The van der Waals surface area contributed by atoms with Crippen LogP contribution in [-0.2, 0) is 5.33 Å². The van der Waals surface area contributed by atoms with Crippen molar-refractivity contribution >= 4 is 15.9 Å². The molecule has 0 amide bonds. The van der Waals surface area contributed by atoms with Gasteiger partial charge in [-0.2, -0.15) is 0 Å². The zero-order chi connectivity index (χ0) is 10.7. The molecule has 0 radical (unpaired) electrons. The van der Waals surface area contributed by atoms with Gasteiger partial charge in [-0.3, -0.25) is 4.98 Å². The van der Waals surface area contributed by atoms with Gasteiger partial charge in [-0.15, -0.1) is 0 Å². The number of rotatable bonds is 2. The van der Waals surface area contributed by atoms with Crippen LogP contribution in [0.25, 0.3) is 11.3 Å². The molecule has 0 fully saturated rings. The number of nitrogens with zero attached hydrogens (tertiary/aromatic N) is 1. The van der Waals surface area contributed by atoms with Gasteiger partial charge < -0.3 is 0 Å². The van der Waals surface area contributed by atoms with Crippen molar-refractivity contribution in [3.63, 3.8) is 0 Å². The fraction of sp³-hybridized carbons (Fsp3) is 0.0833. The van der Waals surface area contributed by atoms with Gasteiger partial charge in [-0.25, -0.2) is 4.39 Å². The summed E-state index contributed by atoms with van der Waals surface area (Å²) >= 11 is 3.38. The van der Waals surface area contributed by atoms with Crippen molar-refractivity contribution in [1.29, 1.82) is 0 Å². The molecule has 0 saturated carbocycles. The molecule has 1 aromatic heterocycles. The summed E-state index contributed by atoms with van der Waals surface area (Å²) in [6.45, 7) is 0. The Hall–Kier alpha value is -1.22. The molecule has 1 aromatic carbocycles. The van der Waals surface area contributed by atoms with E-state index >= 15 is 0 Å². The molecule has 0 aliphatic carbocycles. The van der Waals surface area contributed by atoms with Gasteiger partial charge in [0.15, 0.2) is 0 Å². The van der Waals surface area contributed by atoms with E-state index in [4.69, 9.17) is 0 Å². The van der Waals surface area contributed by atoms with Crippen LogP contribution in [0.2, 0.25) is 0 Å². The number of aromatic nitrogens is 1. The highest BCUT2D eigenvalue weighted by atomic mass is 79.9. The largest absolute Gasteiger partial charge is 0.256 e. The van der Waals surface area contributed by atoms with E-state index in [2.05, 4.69) is 20.9 Å². The fourth-order valence-electron chi connectivity index (χ4n) is 1.36. The van der Waals surface area contributed by atoms with Crippen LogP contribution in [-0.4, -0.2) is 4.98 Å². The third kappa shape index (κ3) is 2.42. The number of pyridine rings is 1. The van der Waals surface area contributed by atoms with Gasteiger partial charge in [-0.05, 0) is 29.8 Å². The molecular weight excluding hydrogens is 257 g/mol. The third-order valence-corrected chi connectivity index (χ3v) is 2.75. The van der Waals surface area contributed by atoms with Crippen molar-refractivity contribution in [2.24, 2.45) is 0 Å². The Labute approximate surface area is 96.1 Å². The van der Waals surface area contributed by atoms with Crippen LogP contribution >= 0.6 is 15.9 Å². The van der Waals surface area contributed by atoms with Crippen LogP contribution in [0.3, 0.4) is 0 Å². The summed E-state index contributed by atoms with van der Waals surface area (Å²) in [5.74, 6) is -0.237. The summed E-state index contributed by atoms with van der Waals surface area (Å²) in [6.07, 6.45) is 1.73. The second kappa shape index (κ2) is 4.53. The van der Waals surface area contributed by atoms with Crippen LogP contribution in [0, 0.1) is 5.82 Å². The van der Waals surface area contributed by atoms with Crippen LogP contribution in [0.4, 0.5) is 4.39 Å². The summed E-state index contributed by atoms with van der Waals surface area (Å²) in [7, 11) is 0. The Morgan fingerprint density at radius 3 is 2.80 bits per heavy atom. The molecule has 1 heterocycles. The summed E-state index contributed by atoms with van der Waals surface area (Å²) in [4.78, 5) is 4.21. The first kappa shape index (κ1) is 10.3. The molecule has 1 nitrogen and oxygen atoms in total. The number of alkyl halides is 1. The Kier molecular flexibility index (Phi) is 3.11. The monoisotopic (exact) mass is 265 g/mol. The maximum Gasteiger partial charge on any atom is 0.123 e. The number of hydrogen-bond donors (Lipinski definition) is 0. The van der Waals surface area contributed by atoms with Crippen molar-refractivity contribution < 1.29 is 4.39 Å². The van der Waals surface area contributed by atoms with E-state index < -0.39 is 0 Å². The highest BCUT2D eigenvalue weighted by Gasteiger charge is 2.01. The van der Waals surface area contributed by atoms with E-state index in [0.717, 1.165) is 22.2 Å². The van der Waals surface area contributed by atoms with Gasteiger partial charge in [0.2, 0.25) is 0 Å². The SMILES string of the molecule is Fc1cccc(-c2cc(CBr)ccn2)c1. The Morgan fingerprint density at radius 2 is 2.07 bits per heavy atom. The van der Waals surface area contributed by atoms with E-state index in [1.54, 1.807) is 12.3 Å². The van der Waals surface area contributed by atoms with E-state index in [1.165, 1.54) is 12.1 Å². The Bertz CT molecular complexity index is 471. The van der Waals surface area contributed by atoms with Gasteiger partial charge in [0.25, 0.3) is 0 Å². The van der Waals surface area contributed by atoms with Crippen molar-refractivity contribution in [3.8, 4) is 11.3 Å². The summed E-state index contributed by atoms with van der Waals surface area (Å²) in [6, 6.07) is 10.3. The lowest BCUT2D eigenvalue weighted by Crippen LogP contribution is -1.86. The summed E-state index contributed by atoms with van der Waals surface area (Å²) in [5.41, 5.74) is 2.73. The van der Waals surface area contributed by atoms with Gasteiger partial charge in [0.05, 0.1) is 5.69 Å². The Morgan fingerprint density at radius 1 is 1.20 bits per heavy atom. The van der Waals surface area contributed by atoms with Gasteiger partial charge >= 0.3 is 0 Å². The molecule has 0 spiro atoms. The lowest BCUT2D eigenvalue weighted by Gasteiger charge is -2.02. The molecule has 0 unspecified atom stereocenters. The zero-order valence-corrected chi connectivity index (χ0v) is 9.54. The van der Waals surface area contributed by atoms with Crippen LogP contribution in [0.5, 0.6) is 0 Å². The predicted octanol–water partition coefficient (Wildman–Crippen LogP) is 3.78. The number of benzene rings is 1. The normalized spacial score (nSPS) is 10.3. The number of halogens is 2. The molecule has 15 heavy (non-hydrogen) atoms. The van der Waals surface area contributed by atoms with Gasteiger partial charge in [0.1, 0.15) is 5.82 Å². The first-order chi connectivity index (χ1) is 7.29. The van der Waals surface area contributed by atoms with Crippen molar-refractivity contribution in [2.75, 3.05) is 0 Å². The maximum atomic E-state index is 13.0. The van der Waals surface area contributed by atoms with E-state index in [0.29, 0.717) is 0 Å². The van der Waals surface area contributed by atoms with Crippen molar-refractivity contribution in [3.05, 3.63) is 54.0 Å². The highest BCUT2D eigenvalue weighted by Crippen LogP contribution is 2.19. The fourth-order valence-corrected chi connectivity index (χ4v) is 1.71. The standard InChI is InChI=1S/C12H9BrFN/c13-8-9-4-5-15-12(6-9)10-2-1-3-11(14)7-10/h1-7H,8H2. The van der Waals surface area contributed by atoms with Crippen LogP contribution in [0.1, 0.15) is 5.56 Å². The average Bonchev–Trinajstić information content (AvgIpc) is 2.29. The minimum absolute atomic E-state index is 0.237. The first-order valence-corrected chi connectivity index (χ1v) is 5.68. The predicted molar refractivity (Wildman–Crippen MR) is 62.3 cm³/mol. The molecule has 2 rings (SSSR count). The highest BCUT2D eigenvalue weighted by molar-refractivity contribution is 9.08. The van der Waals surface area contributed by atoms with E-state index in [1.807, 2.05) is 18.2 Å². The molecule has 2 aromatic rings. The van der Waals surface area contributed by atoms with Gasteiger partial charge in [-0.1, -0.05) is 28.1 Å².